The third kappa shape index (κ3) is 4.73. The van der Waals surface area contributed by atoms with Gasteiger partial charge in [0.2, 0.25) is 0 Å². The Bertz CT molecular complexity index is 196. The van der Waals surface area contributed by atoms with E-state index in [0.29, 0.717) is 25.7 Å². The van der Waals surface area contributed by atoms with E-state index >= 15 is 0 Å². The van der Waals surface area contributed by atoms with Gasteiger partial charge in [0, 0.05) is 19.0 Å². The van der Waals surface area contributed by atoms with Crippen LogP contribution in [0, 0.1) is 0 Å². The average molecular weight is 215 g/mol. The van der Waals surface area contributed by atoms with Gasteiger partial charge in [-0.2, -0.15) is 0 Å². The number of hydrogen-bond acceptors (Lipinski definition) is 4. The maximum Gasteiger partial charge on any atom is 0.131 e. The topological polar surface area (TPSA) is 49.8 Å². The van der Waals surface area contributed by atoms with E-state index in [1.165, 1.54) is 6.42 Å². The molecule has 1 aliphatic rings. The van der Waals surface area contributed by atoms with Crippen LogP contribution in [0.2, 0.25) is 0 Å². The van der Waals surface area contributed by atoms with E-state index in [4.69, 9.17) is 9.84 Å². The summed E-state index contributed by atoms with van der Waals surface area (Å²) in [6.45, 7) is 4.73. The Balaban J connectivity index is 2.18. The molecule has 1 rings (SSSR count). The maximum absolute atomic E-state index is 11.0. The van der Waals surface area contributed by atoms with E-state index < -0.39 is 0 Å². The second-order valence-electron chi connectivity index (χ2n) is 4.07. The van der Waals surface area contributed by atoms with Crippen molar-refractivity contribution in [3.05, 3.63) is 0 Å². The van der Waals surface area contributed by atoms with Crippen LogP contribution in [0.15, 0.2) is 0 Å². The van der Waals surface area contributed by atoms with Crippen LogP contribution in [0.1, 0.15) is 26.2 Å². The van der Waals surface area contributed by atoms with Crippen LogP contribution >= 0.6 is 0 Å². The Morgan fingerprint density at radius 1 is 1.53 bits per heavy atom. The molecule has 0 saturated carbocycles. The van der Waals surface area contributed by atoms with Crippen LogP contribution in [0.5, 0.6) is 0 Å². The van der Waals surface area contributed by atoms with Gasteiger partial charge < -0.3 is 9.84 Å². The SMILES string of the molecule is CC(=O)CC1CCCN1CCOCCO. The van der Waals surface area contributed by atoms with E-state index in [1.54, 1.807) is 6.92 Å². The molecule has 15 heavy (non-hydrogen) atoms. The number of nitrogens with zero attached hydrogens (tertiary/aromatic N) is 1. The van der Waals surface area contributed by atoms with E-state index in [9.17, 15) is 4.79 Å². The summed E-state index contributed by atoms with van der Waals surface area (Å²) in [5.74, 6) is 0.267. The highest BCUT2D eigenvalue weighted by atomic mass is 16.5. The highest BCUT2D eigenvalue weighted by Crippen LogP contribution is 2.19. The molecule has 1 aliphatic heterocycles. The molecule has 4 heteroatoms. The van der Waals surface area contributed by atoms with Crippen LogP contribution in [0.4, 0.5) is 0 Å². The standard InChI is InChI=1S/C11H21NO3/c1-10(14)9-11-3-2-4-12(11)5-7-15-8-6-13/h11,13H,2-9H2,1H3. The summed E-state index contributed by atoms with van der Waals surface area (Å²) in [6, 6.07) is 0.417. The van der Waals surface area contributed by atoms with Gasteiger partial charge in [0.15, 0.2) is 0 Å². The molecule has 0 aromatic carbocycles. The van der Waals surface area contributed by atoms with E-state index in [1.807, 2.05) is 0 Å². The van der Waals surface area contributed by atoms with Gasteiger partial charge in [-0.25, -0.2) is 0 Å². The zero-order valence-electron chi connectivity index (χ0n) is 9.45. The quantitative estimate of drug-likeness (QED) is 0.626. The zero-order valence-corrected chi connectivity index (χ0v) is 9.45. The first-order chi connectivity index (χ1) is 7.24. The van der Waals surface area contributed by atoms with Crippen LogP contribution in [-0.4, -0.2) is 54.7 Å². The number of likely N-dealkylation sites (tertiary alicyclic amines) is 1. The Morgan fingerprint density at radius 3 is 3.00 bits per heavy atom. The molecule has 0 bridgehead atoms. The van der Waals surface area contributed by atoms with Crippen molar-refractivity contribution in [3.8, 4) is 0 Å². The molecule has 88 valence electrons. The number of hydrogen-bond donors (Lipinski definition) is 1. The summed E-state index contributed by atoms with van der Waals surface area (Å²) in [5.41, 5.74) is 0. The smallest absolute Gasteiger partial charge is 0.131 e. The molecule has 0 aromatic rings. The molecule has 1 fully saturated rings. The van der Waals surface area contributed by atoms with Crippen molar-refractivity contribution in [3.63, 3.8) is 0 Å². The van der Waals surface area contributed by atoms with Gasteiger partial charge in [0.05, 0.1) is 19.8 Å². The number of aliphatic hydroxyl groups excluding tert-OH is 1. The highest BCUT2D eigenvalue weighted by molar-refractivity contribution is 5.76. The number of ether oxygens (including phenoxy) is 1. The summed E-state index contributed by atoms with van der Waals surface area (Å²) in [5, 5.41) is 8.55. The molecule has 1 heterocycles. The normalized spacial score (nSPS) is 22.1. The van der Waals surface area contributed by atoms with Crippen molar-refractivity contribution in [1.29, 1.82) is 0 Å². The largest absolute Gasteiger partial charge is 0.394 e. The number of carbonyl (C=O) groups excluding carboxylic acids is 1. The molecule has 1 saturated heterocycles. The molecular formula is C11H21NO3. The first kappa shape index (κ1) is 12.6. The minimum atomic E-state index is 0.0802. The Labute approximate surface area is 91.2 Å². The average Bonchev–Trinajstić information content (AvgIpc) is 2.59. The number of ketones is 1. The number of Topliss-reactive ketones (excluding diaryl/α,β-unsaturated/α-hetero) is 1. The lowest BCUT2D eigenvalue weighted by Gasteiger charge is -2.23. The third-order valence-electron chi connectivity index (χ3n) is 2.78. The first-order valence-electron chi connectivity index (χ1n) is 5.66. The zero-order chi connectivity index (χ0) is 11.1. The van der Waals surface area contributed by atoms with Gasteiger partial charge in [-0.05, 0) is 26.3 Å². The summed E-state index contributed by atoms with van der Waals surface area (Å²) >= 11 is 0. The lowest BCUT2D eigenvalue weighted by Crippen LogP contribution is -2.33. The number of carbonyl (C=O) groups is 1. The fraction of sp³-hybridized carbons (Fsp3) is 0.909. The predicted octanol–water partition coefficient (Wildman–Crippen LogP) is 0.439. The molecule has 0 aliphatic carbocycles. The number of aliphatic hydroxyl groups is 1. The minimum absolute atomic E-state index is 0.0802. The van der Waals surface area contributed by atoms with Gasteiger partial charge in [0.25, 0.3) is 0 Å². The molecule has 1 atom stereocenters. The van der Waals surface area contributed by atoms with E-state index in [-0.39, 0.29) is 12.4 Å². The third-order valence-corrected chi connectivity index (χ3v) is 2.78. The number of rotatable bonds is 7. The second-order valence-corrected chi connectivity index (χ2v) is 4.07. The van der Waals surface area contributed by atoms with Crippen LogP contribution < -0.4 is 0 Å². The molecule has 0 spiro atoms. The van der Waals surface area contributed by atoms with Crippen molar-refractivity contribution >= 4 is 5.78 Å². The lowest BCUT2D eigenvalue weighted by atomic mass is 10.1. The summed E-state index contributed by atoms with van der Waals surface area (Å²) in [7, 11) is 0. The van der Waals surface area contributed by atoms with Crippen molar-refractivity contribution < 1.29 is 14.6 Å². The van der Waals surface area contributed by atoms with Gasteiger partial charge in [-0.3, -0.25) is 9.69 Å². The second kappa shape index (κ2) is 6.93. The fourth-order valence-electron chi connectivity index (χ4n) is 2.10. The Morgan fingerprint density at radius 2 is 2.33 bits per heavy atom. The van der Waals surface area contributed by atoms with Crippen LogP contribution in [0.3, 0.4) is 0 Å². The van der Waals surface area contributed by atoms with Gasteiger partial charge in [-0.15, -0.1) is 0 Å². The molecule has 1 N–H and O–H groups in total. The van der Waals surface area contributed by atoms with Gasteiger partial charge in [0.1, 0.15) is 5.78 Å². The molecule has 0 aromatic heterocycles. The maximum atomic E-state index is 11.0. The Kier molecular flexibility index (Phi) is 5.83. The van der Waals surface area contributed by atoms with Crippen molar-refractivity contribution in [2.75, 3.05) is 32.9 Å². The van der Waals surface area contributed by atoms with Gasteiger partial charge >= 0.3 is 0 Å². The van der Waals surface area contributed by atoms with Gasteiger partial charge in [-0.1, -0.05) is 0 Å². The summed E-state index contributed by atoms with van der Waals surface area (Å²) in [6.07, 6.45) is 2.97. The molecule has 0 amide bonds. The first-order valence-corrected chi connectivity index (χ1v) is 5.66. The van der Waals surface area contributed by atoms with E-state index in [2.05, 4.69) is 4.90 Å². The monoisotopic (exact) mass is 215 g/mol. The van der Waals surface area contributed by atoms with Crippen LogP contribution in [0.25, 0.3) is 0 Å². The fourth-order valence-corrected chi connectivity index (χ4v) is 2.10. The summed E-state index contributed by atoms with van der Waals surface area (Å²) in [4.78, 5) is 13.3. The minimum Gasteiger partial charge on any atom is -0.394 e. The van der Waals surface area contributed by atoms with Crippen molar-refractivity contribution in [2.45, 2.75) is 32.2 Å². The highest BCUT2D eigenvalue weighted by Gasteiger charge is 2.24. The van der Waals surface area contributed by atoms with Crippen molar-refractivity contribution in [1.82, 2.24) is 4.90 Å². The van der Waals surface area contributed by atoms with E-state index in [0.717, 1.165) is 19.5 Å². The van der Waals surface area contributed by atoms with Crippen LogP contribution in [-0.2, 0) is 9.53 Å². The molecule has 0 radical (unpaired) electrons. The molecule has 4 nitrogen and oxygen atoms in total. The summed E-state index contributed by atoms with van der Waals surface area (Å²) < 4.78 is 5.22. The Hall–Kier alpha value is -0.450. The predicted molar refractivity (Wildman–Crippen MR) is 57.8 cm³/mol. The lowest BCUT2D eigenvalue weighted by molar-refractivity contribution is -0.118. The molecular weight excluding hydrogens is 194 g/mol. The van der Waals surface area contributed by atoms with Crippen molar-refractivity contribution in [2.24, 2.45) is 0 Å². The molecule has 1 unspecified atom stereocenters.